The molecule has 1 N–H and O–H groups in total. The fraction of sp³-hybridized carbons (Fsp3) is 0.143. The van der Waals surface area contributed by atoms with Gasteiger partial charge >= 0.3 is 0 Å². The van der Waals surface area contributed by atoms with Crippen LogP contribution in [0.4, 0.5) is 16.0 Å². The van der Waals surface area contributed by atoms with E-state index in [4.69, 9.17) is 5.26 Å². The Morgan fingerprint density at radius 1 is 1.18 bits per heavy atom. The Hall–Kier alpha value is -3.79. The monoisotopic (exact) mass is 372 g/mol. The molecule has 0 atom stereocenters. The summed E-state index contributed by atoms with van der Waals surface area (Å²) in [5.74, 6) is -0.190. The first-order valence-electron chi connectivity index (χ1n) is 8.81. The van der Waals surface area contributed by atoms with E-state index in [0.29, 0.717) is 11.6 Å². The summed E-state index contributed by atoms with van der Waals surface area (Å²) in [4.78, 5) is 13.1. The van der Waals surface area contributed by atoms with E-state index in [1.165, 1.54) is 12.1 Å². The molecule has 28 heavy (non-hydrogen) atoms. The van der Waals surface area contributed by atoms with E-state index in [1.54, 1.807) is 18.5 Å². The minimum absolute atomic E-state index is 0.0336. The van der Waals surface area contributed by atoms with Crippen LogP contribution in [0.2, 0.25) is 0 Å². The van der Waals surface area contributed by atoms with Crippen LogP contribution in [0.5, 0.6) is 0 Å². The number of hydrogen-bond acceptors (Lipinski definition) is 5. The largest absolute Gasteiger partial charge is 0.343 e. The molecule has 0 saturated heterocycles. The molecule has 0 fully saturated rings. The molecule has 4 aromatic rings. The number of hydrogen-bond donors (Lipinski definition) is 1. The molecule has 0 aliphatic rings. The van der Waals surface area contributed by atoms with E-state index in [-0.39, 0.29) is 11.6 Å². The van der Waals surface area contributed by atoms with Crippen LogP contribution in [-0.2, 0) is 0 Å². The lowest BCUT2D eigenvalue weighted by molar-refractivity contribution is 0.622. The highest BCUT2D eigenvalue weighted by molar-refractivity contribution is 5.94. The Balaban J connectivity index is 1.74. The highest BCUT2D eigenvalue weighted by atomic mass is 19.1. The zero-order valence-electron chi connectivity index (χ0n) is 15.4. The Labute approximate surface area is 161 Å². The molecule has 138 valence electrons. The van der Waals surface area contributed by atoms with Gasteiger partial charge in [-0.3, -0.25) is 4.98 Å². The second-order valence-corrected chi connectivity index (χ2v) is 6.63. The van der Waals surface area contributed by atoms with Crippen molar-refractivity contribution >= 4 is 22.5 Å². The smallest absolute Gasteiger partial charge is 0.227 e. The molecule has 3 aromatic heterocycles. The third kappa shape index (κ3) is 3.16. The molecule has 6 nitrogen and oxygen atoms in total. The first kappa shape index (κ1) is 17.6. The van der Waals surface area contributed by atoms with Gasteiger partial charge in [0.2, 0.25) is 5.95 Å². The summed E-state index contributed by atoms with van der Waals surface area (Å²) in [5, 5.41) is 13.1. The van der Waals surface area contributed by atoms with Crippen molar-refractivity contribution in [3.8, 4) is 17.3 Å². The second kappa shape index (κ2) is 7.08. The summed E-state index contributed by atoms with van der Waals surface area (Å²) in [6, 6.07) is 10.1. The maximum Gasteiger partial charge on any atom is 0.227 e. The Bertz CT molecular complexity index is 1210. The van der Waals surface area contributed by atoms with Crippen LogP contribution < -0.4 is 5.32 Å². The van der Waals surface area contributed by atoms with Gasteiger partial charge in [-0.1, -0.05) is 0 Å². The normalized spacial score (nSPS) is 11.0. The fourth-order valence-corrected chi connectivity index (χ4v) is 3.12. The number of aromatic nitrogens is 4. The van der Waals surface area contributed by atoms with Gasteiger partial charge in [0.15, 0.2) is 0 Å². The summed E-state index contributed by atoms with van der Waals surface area (Å²) in [6.45, 7) is 4.23. The summed E-state index contributed by atoms with van der Waals surface area (Å²) in [5.41, 5.74) is 3.29. The van der Waals surface area contributed by atoms with E-state index in [0.717, 1.165) is 22.2 Å². The van der Waals surface area contributed by atoms with E-state index in [9.17, 15) is 4.39 Å². The van der Waals surface area contributed by atoms with Crippen molar-refractivity contribution in [2.24, 2.45) is 0 Å². The van der Waals surface area contributed by atoms with Gasteiger partial charge in [0, 0.05) is 41.3 Å². The molecule has 3 heterocycles. The summed E-state index contributed by atoms with van der Waals surface area (Å²) in [6.07, 6.45) is 7.34. The molecular weight excluding hydrogens is 355 g/mol. The highest BCUT2D eigenvalue weighted by Crippen LogP contribution is 2.31. The lowest BCUT2D eigenvalue weighted by Gasteiger charge is -2.08. The molecule has 4 rings (SSSR count). The molecule has 0 saturated carbocycles. The standard InChI is InChI=1S/C21H17FN6/c1-13(2)28-12-17(16-5-7-24-11-20(16)28)19-6-8-25-21(27-19)26-15-3-4-18(22)14(9-15)10-23/h3-9,11-13H,1-2H3,(H,25,26,27). The SMILES string of the molecule is CC(C)n1cc(-c2ccnc(Nc3ccc(F)c(C#N)c3)n2)c2ccncc21. The molecule has 0 unspecified atom stereocenters. The average Bonchev–Trinajstić information content (AvgIpc) is 3.10. The molecule has 0 amide bonds. The maximum absolute atomic E-state index is 13.5. The number of fused-ring (bicyclic) bond motifs is 1. The van der Waals surface area contributed by atoms with Crippen LogP contribution >= 0.6 is 0 Å². The number of pyridine rings is 1. The van der Waals surface area contributed by atoms with E-state index in [2.05, 4.69) is 44.9 Å². The van der Waals surface area contributed by atoms with Crippen molar-refractivity contribution in [3.63, 3.8) is 0 Å². The van der Waals surface area contributed by atoms with Crippen molar-refractivity contribution in [2.45, 2.75) is 19.9 Å². The van der Waals surface area contributed by atoms with Crippen molar-refractivity contribution < 1.29 is 4.39 Å². The van der Waals surface area contributed by atoms with Crippen molar-refractivity contribution in [1.82, 2.24) is 19.5 Å². The van der Waals surface area contributed by atoms with E-state index >= 15 is 0 Å². The number of nitrogens with one attached hydrogen (secondary N) is 1. The van der Waals surface area contributed by atoms with E-state index in [1.807, 2.05) is 24.4 Å². The molecule has 0 bridgehead atoms. The predicted octanol–water partition coefficient (Wildman–Crippen LogP) is 4.83. The second-order valence-electron chi connectivity index (χ2n) is 6.63. The van der Waals surface area contributed by atoms with E-state index < -0.39 is 5.82 Å². The number of nitrogens with zero attached hydrogens (tertiary/aromatic N) is 5. The van der Waals surface area contributed by atoms with Crippen LogP contribution in [0, 0.1) is 17.1 Å². The lowest BCUT2D eigenvalue weighted by atomic mass is 10.1. The highest BCUT2D eigenvalue weighted by Gasteiger charge is 2.14. The molecule has 7 heteroatoms. The number of nitriles is 1. The quantitative estimate of drug-likeness (QED) is 0.555. The predicted molar refractivity (Wildman–Crippen MR) is 106 cm³/mol. The molecule has 0 radical (unpaired) electrons. The van der Waals surface area contributed by atoms with Gasteiger partial charge in [-0.2, -0.15) is 5.26 Å². The first-order chi connectivity index (χ1) is 13.6. The Morgan fingerprint density at radius 2 is 2.04 bits per heavy atom. The molecule has 1 aromatic carbocycles. The minimum Gasteiger partial charge on any atom is -0.343 e. The first-order valence-corrected chi connectivity index (χ1v) is 8.81. The number of benzene rings is 1. The number of rotatable bonds is 4. The minimum atomic E-state index is -0.558. The third-order valence-electron chi connectivity index (χ3n) is 4.47. The van der Waals surface area contributed by atoms with Crippen LogP contribution in [0.3, 0.4) is 0 Å². The molecule has 0 spiro atoms. The zero-order chi connectivity index (χ0) is 19.7. The van der Waals surface area contributed by atoms with Gasteiger partial charge in [-0.15, -0.1) is 0 Å². The van der Waals surface area contributed by atoms with Crippen molar-refractivity contribution in [1.29, 1.82) is 5.26 Å². The van der Waals surface area contributed by atoms with Gasteiger partial charge in [0.25, 0.3) is 0 Å². The van der Waals surface area contributed by atoms with Crippen LogP contribution in [0.15, 0.2) is 55.1 Å². The van der Waals surface area contributed by atoms with Crippen LogP contribution in [0.25, 0.3) is 22.2 Å². The van der Waals surface area contributed by atoms with Crippen molar-refractivity contribution in [3.05, 3.63) is 66.5 Å². The topological polar surface area (TPSA) is 79.4 Å². The van der Waals surface area contributed by atoms with Crippen LogP contribution in [-0.4, -0.2) is 19.5 Å². The van der Waals surface area contributed by atoms with Gasteiger partial charge < -0.3 is 9.88 Å². The fourth-order valence-electron chi connectivity index (χ4n) is 3.12. The van der Waals surface area contributed by atoms with Crippen molar-refractivity contribution in [2.75, 3.05) is 5.32 Å². The zero-order valence-corrected chi connectivity index (χ0v) is 15.4. The van der Waals surface area contributed by atoms with Gasteiger partial charge in [0.1, 0.15) is 11.9 Å². The van der Waals surface area contributed by atoms with Gasteiger partial charge in [0.05, 0.1) is 23.0 Å². The Kier molecular flexibility index (Phi) is 4.45. The van der Waals surface area contributed by atoms with Gasteiger partial charge in [-0.05, 0) is 44.2 Å². The van der Waals surface area contributed by atoms with Crippen LogP contribution in [0.1, 0.15) is 25.5 Å². The molecular formula is C21H17FN6. The summed E-state index contributed by atoms with van der Waals surface area (Å²) in [7, 11) is 0. The summed E-state index contributed by atoms with van der Waals surface area (Å²) < 4.78 is 15.7. The molecule has 0 aliphatic heterocycles. The number of halogens is 1. The van der Waals surface area contributed by atoms with Gasteiger partial charge in [-0.25, -0.2) is 14.4 Å². The Morgan fingerprint density at radius 3 is 2.82 bits per heavy atom. The lowest BCUT2D eigenvalue weighted by Crippen LogP contribution is -1.99. The average molecular weight is 372 g/mol. The molecule has 0 aliphatic carbocycles. The third-order valence-corrected chi connectivity index (χ3v) is 4.47. The number of anilines is 2. The summed E-state index contributed by atoms with van der Waals surface area (Å²) >= 11 is 0. The maximum atomic E-state index is 13.5.